The number of ether oxygens (including phenoxy) is 3. The molecule has 1 aromatic rings. The summed E-state index contributed by atoms with van der Waals surface area (Å²) in [6.07, 6.45) is 2.84. The molecule has 0 atom stereocenters. The smallest absolute Gasteiger partial charge is 0.241 e. The molecule has 1 aromatic carbocycles. The first kappa shape index (κ1) is 10.4. The predicted molar refractivity (Wildman–Crippen MR) is 57.3 cm³/mol. The van der Waals surface area contributed by atoms with Gasteiger partial charge in [-0.05, 0) is 12.1 Å². The molecule has 1 heterocycles. The van der Waals surface area contributed by atoms with Crippen molar-refractivity contribution in [2.75, 3.05) is 13.9 Å². The summed E-state index contributed by atoms with van der Waals surface area (Å²) in [5.74, 6) is 1.35. The molecule has 1 aliphatic rings. The van der Waals surface area contributed by atoms with Crippen molar-refractivity contribution < 1.29 is 19.0 Å². The SMILES string of the molecule is COc1cc2c(cc1/C=C/C(N)=O)OCO2. The fraction of sp³-hybridized carbons (Fsp3) is 0.182. The number of hydrogen-bond donors (Lipinski definition) is 1. The van der Waals surface area contributed by atoms with Crippen LogP contribution in [-0.4, -0.2) is 19.8 Å². The summed E-state index contributed by atoms with van der Waals surface area (Å²) in [6, 6.07) is 3.45. The summed E-state index contributed by atoms with van der Waals surface area (Å²) in [7, 11) is 1.54. The van der Waals surface area contributed by atoms with Crippen molar-refractivity contribution in [3.05, 3.63) is 23.8 Å². The molecule has 0 unspecified atom stereocenters. The lowest BCUT2D eigenvalue weighted by Gasteiger charge is -2.06. The summed E-state index contributed by atoms with van der Waals surface area (Å²) < 4.78 is 15.6. The second kappa shape index (κ2) is 4.14. The van der Waals surface area contributed by atoms with Crippen LogP contribution < -0.4 is 19.9 Å². The summed E-state index contributed by atoms with van der Waals surface area (Å²) in [5, 5.41) is 0. The second-order valence-electron chi connectivity index (χ2n) is 3.18. The molecule has 1 amide bonds. The zero-order chi connectivity index (χ0) is 11.5. The molecule has 1 aliphatic heterocycles. The topological polar surface area (TPSA) is 70.8 Å². The molecule has 0 saturated heterocycles. The van der Waals surface area contributed by atoms with Gasteiger partial charge in [0.15, 0.2) is 11.5 Å². The van der Waals surface area contributed by atoms with Crippen LogP contribution >= 0.6 is 0 Å². The molecule has 0 bridgehead atoms. The van der Waals surface area contributed by atoms with E-state index in [0.29, 0.717) is 22.8 Å². The maximum Gasteiger partial charge on any atom is 0.241 e. The van der Waals surface area contributed by atoms with Gasteiger partial charge in [-0.25, -0.2) is 0 Å². The highest BCUT2D eigenvalue weighted by atomic mass is 16.7. The van der Waals surface area contributed by atoms with Gasteiger partial charge >= 0.3 is 0 Å². The lowest BCUT2D eigenvalue weighted by Crippen LogP contribution is -2.05. The lowest BCUT2D eigenvalue weighted by atomic mass is 10.1. The van der Waals surface area contributed by atoms with Crippen molar-refractivity contribution in [3.8, 4) is 17.2 Å². The normalized spacial score (nSPS) is 13.1. The van der Waals surface area contributed by atoms with Gasteiger partial charge in [-0.3, -0.25) is 4.79 Å². The van der Waals surface area contributed by atoms with E-state index in [1.165, 1.54) is 6.08 Å². The summed E-state index contributed by atoms with van der Waals surface area (Å²) in [5.41, 5.74) is 5.74. The highest BCUT2D eigenvalue weighted by molar-refractivity contribution is 5.90. The van der Waals surface area contributed by atoms with E-state index in [9.17, 15) is 4.79 Å². The summed E-state index contributed by atoms with van der Waals surface area (Å²) in [6.45, 7) is 0.196. The Morgan fingerprint density at radius 3 is 2.75 bits per heavy atom. The monoisotopic (exact) mass is 221 g/mol. The number of amides is 1. The molecule has 5 heteroatoms. The Bertz CT molecular complexity index is 454. The van der Waals surface area contributed by atoms with Crippen molar-refractivity contribution >= 4 is 12.0 Å². The van der Waals surface area contributed by atoms with Crippen LogP contribution in [0.2, 0.25) is 0 Å². The highest BCUT2D eigenvalue weighted by Crippen LogP contribution is 2.38. The molecule has 5 nitrogen and oxygen atoms in total. The molecule has 2 N–H and O–H groups in total. The van der Waals surface area contributed by atoms with E-state index in [4.69, 9.17) is 19.9 Å². The van der Waals surface area contributed by atoms with Crippen molar-refractivity contribution in [3.63, 3.8) is 0 Å². The quantitative estimate of drug-likeness (QED) is 0.770. The van der Waals surface area contributed by atoms with Gasteiger partial charge in [-0.1, -0.05) is 0 Å². The van der Waals surface area contributed by atoms with E-state index < -0.39 is 5.91 Å². The van der Waals surface area contributed by atoms with Gasteiger partial charge in [-0.2, -0.15) is 0 Å². The molecule has 0 aromatic heterocycles. The Morgan fingerprint density at radius 2 is 2.12 bits per heavy atom. The predicted octanol–water partition coefficient (Wildman–Crippen LogP) is 0.922. The second-order valence-corrected chi connectivity index (χ2v) is 3.18. The molecular formula is C11H11NO4. The molecule has 84 valence electrons. The molecule has 0 aliphatic carbocycles. The third-order valence-electron chi connectivity index (χ3n) is 2.15. The summed E-state index contributed by atoms with van der Waals surface area (Å²) >= 11 is 0. The first-order chi connectivity index (χ1) is 7.70. The first-order valence-electron chi connectivity index (χ1n) is 4.66. The van der Waals surface area contributed by atoms with Gasteiger partial charge in [0, 0.05) is 17.7 Å². The Hall–Kier alpha value is -2.17. The third kappa shape index (κ3) is 1.93. The Balaban J connectivity index is 2.39. The van der Waals surface area contributed by atoms with Crippen LogP contribution in [0.15, 0.2) is 18.2 Å². The minimum absolute atomic E-state index is 0.196. The Kier molecular flexibility index (Phi) is 2.68. The number of carbonyl (C=O) groups is 1. The maximum atomic E-state index is 10.6. The van der Waals surface area contributed by atoms with Gasteiger partial charge in [0.05, 0.1) is 7.11 Å². The van der Waals surface area contributed by atoms with Gasteiger partial charge in [0.2, 0.25) is 12.7 Å². The Morgan fingerprint density at radius 1 is 1.44 bits per heavy atom. The van der Waals surface area contributed by atoms with Gasteiger partial charge < -0.3 is 19.9 Å². The fourth-order valence-corrected chi connectivity index (χ4v) is 1.42. The van der Waals surface area contributed by atoms with Crippen molar-refractivity contribution in [1.29, 1.82) is 0 Å². The molecule has 16 heavy (non-hydrogen) atoms. The van der Waals surface area contributed by atoms with Gasteiger partial charge in [0.25, 0.3) is 0 Å². The number of benzene rings is 1. The lowest BCUT2D eigenvalue weighted by molar-refractivity contribution is -0.113. The van der Waals surface area contributed by atoms with Crippen LogP contribution in [0.1, 0.15) is 5.56 Å². The standard InChI is InChI=1S/C11H11NO4/c1-14-8-5-10-9(15-6-16-10)4-7(8)2-3-11(12)13/h2-5H,6H2,1H3,(H2,12,13)/b3-2+. The number of methoxy groups -OCH3 is 1. The van der Waals surface area contributed by atoms with Gasteiger partial charge in [0.1, 0.15) is 5.75 Å². The average molecular weight is 221 g/mol. The van der Waals surface area contributed by atoms with Crippen LogP contribution in [0.25, 0.3) is 6.08 Å². The summed E-state index contributed by atoms with van der Waals surface area (Å²) in [4.78, 5) is 10.6. The van der Waals surface area contributed by atoms with E-state index in [2.05, 4.69) is 0 Å². The van der Waals surface area contributed by atoms with E-state index in [-0.39, 0.29) is 6.79 Å². The zero-order valence-corrected chi connectivity index (χ0v) is 8.73. The average Bonchev–Trinajstić information content (AvgIpc) is 2.71. The fourth-order valence-electron chi connectivity index (χ4n) is 1.42. The number of carbonyl (C=O) groups excluding carboxylic acids is 1. The maximum absolute atomic E-state index is 10.6. The van der Waals surface area contributed by atoms with Crippen molar-refractivity contribution in [2.24, 2.45) is 5.73 Å². The number of hydrogen-bond acceptors (Lipinski definition) is 4. The number of rotatable bonds is 3. The third-order valence-corrected chi connectivity index (χ3v) is 2.15. The van der Waals surface area contributed by atoms with E-state index in [1.807, 2.05) is 0 Å². The molecule has 2 rings (SSSR count). The molecular weight excluding hydrogens is 210 g/mol. The van der Waals surface area contributed by atoms with E-state index in [1.54, 1.807) is 25.3 Å². The molecule has 0 fully saturated rings. The van der Waals surface area contributed by atoms with E-state index >= 15 is 0 Å². The van der Waals surface area contributed by atoms with Crippen molar-refractivity contribution in [1.82, 2.24) is 0 Å². The largest absolute Gasteiger partial charge is 0.496 e. The highest BCUT2D eigenvalue weighted by Gasteiger charge is 2.16. The van der Waals surface area contributed by atoms with Crippen LogP contribution in [0.3, 0.4) is 0 Å². The first-order valence-corrected chi connectivity index (χ1v) is 4.66. The van der Waals surface area contributed by atoms with Crippen LogP contribution in [0.5, 0.6) is 17.2 Å². The number of primary amides is 1. The molecule has 0 radical (unpaired) electrons. The van der Waals surface area contributed by atoms with Crippen molar-refractivity contribution in [2.45, 2.75) is 0 Å². The minimum Gasteiger partial charge on any atom is -0.496 e. The molecule has 0 spiro atoms. The number of fused-ring (bicyclic) bond motifs is 1. The Labute approximate surface area is 92.4 Å². The van der Waals surface area contributed by atoms with Crippen LogP contribution in [0, 0.1) is 0 Å². The van der Waals surface area contributed by atoms with Gasteiger partial charge in [-0.15, -0.1) is 0 Å². The van der Waals surface area contributed by atoms with Crippen LogP contribution in [0.4, 0.5) is 0 Å². The molecule has 0 saturated carbocycles. The minimum atomic E-state index is -0.514. The van der Waals surface area contributed by atoms with E-state index in [0.717, 1.165) is 0 Å². The zero-order valence-electron chi connectivity index (χ0n) is 8.73. The number of nitrogens with two attached hydrogens (primary N) is 1. The van der Waals surface area contributed by atoms with Crippen LogP contribution in [-0.2, 0) is 4.79 Å².